The Bertz CT molecular complexity index is 545. The van der Waals surface area contributed by atoms with Crippen molar-refractivity contribution >= 4 is 10.9 Å². The summed E-state index contributed by atoms with van der Waals surface area (Å²) in [4.78, 5) is 0. The molecule has 1 atom stereocenters. The van der Waals surface area contributed by atoms with Gasteiger partial charge in [-0.3, -0.25) is 0 Å². The minimum absolute atomic E-state index is 0.531. The lowest BCUT2D eigenvalue weighted by atomic mass is 10.2. The number of para-hydroxylation sites is 1. The molecule has 110 valence electrons. The summed E-state index contributed by atoms with van der Waals surface area (Å²) in [7, 11) is 0. The summed E-state index contributed by atoms with van der Waals surface area (Å²) in [6.45, 7) is 2.96. The van der Waals surface area contributed by atoms with Gasteiger partial charge in [0, 0.05) is 24.3 Å². The highest BCUT2D eigenvalue weighted by atomic mass is 19.4. The van der Waals surface area contributed by atoms with E-state index in [0.717, 1.165) is 18.5 Å². The molecule has 1 heterocycles. The smallest absolute Gasteiger partial charge is 0.347 e. The van der Waals surface area contributed by atoms with E-state index in [-0.39, 0.29) is 0 Å². The van der Waals surface area contributed by atoms with Gasteiger partial charge in [-0.25, -0.2) is 0 Å². The predicted octanol–water partition coefficient (Wildman–Crippen LogP) is 3.96. The summed E-state index contributed by atoms with van der Waals surface area (Å²) in [5.74, 6) is 0. The average molecular weight is 284 g/mol. The number of alkyl halides is 3. The van der Waals surface area contributed by atoms with Crippen molar-refractivity contribution in [2.24, 2.45) is 0 Å². The number of rotatable bonds is 6. The molecule has 20 heavy (non-hydrogen) atoms. The number of nitrogens with one attached hydrogen (secondary N) is 1. The second-order valence-corrected chi connectivity index (χ2v) is 5.10. The molecule has 0 aliphatic rings. The van der Waals surface area contributed by atoms with E-state index in [1.54, 1.807) is 6.92 Å². The van der Waals surface area contributed by atoms with Gasteiger partial charge in [-0.05, 0) is 37.4 Å². The largest absolute Gasteiger partial charge is 0.390 e. The molecule has 2 aromatic rings. The van der Waals surface area contributed by atoms with Crippen LogP contribution in [0.4, 0.5) is 13.2 Å². The highest BCUT2D eigenvalue weighted by molar-refractivity contribution is 5.79. The maximum absolute atomic E-state index is 12.2. The van der Waals surface area contributed by atoms with Gasteiger partial charge >= 0.3 is 6.18 Å². The van der Waals surface area contributed by atoms with Crippen LogP contribution in [0.3, 0.4) is 0 Å². The number of hydrogen-bond donors (Lipinski definition) is 1. The van der Waals surface area contributed by atoms with E-state index >= 15 is 0 Å². The van der Waals surface area contributed by atoms with Crippen LogP contribution in [0.5, 0.6) is 0 Å². The number of fused-ring (bicyclic) bond motifs is 1. The number of hydrogen-bond acceptors (Lipinski definition) is 1. The van der Waals surface area contributed by atoms with E-state index in [0.29, 0.717) is 6.54 Å². The zero-order chi connectivity index (χ0) is 14.6. The van der Waals surface area contributed by atoms with Gasteiger partial charge in [0.2, 0.25) is 0 Å². The molecule has 1 aromatic heterocycles. The second kappa shape index (κ2) is 6.31. The van der Waals surface area contributed by atoms with Crippen LogP contribution in [0, 0.1) is 0 Å². The fourth-order valence-electron chi connectivity index (χ4n) is 2.35. The van der Waals surface area contributed by atoms with Crippen molar-refractivity contribution in [3.63, 3.8) is 0 Å². The third-order valence-electron chi connectivity index (χ3n) is 3.29. The minimum atomic E-state index is -4.09. The first-order valence-corrected chi connectivity index (χ1v) is 6.80. The fraction of sp³-hybridized carbons (Fsp3) is 0.467. The normalized spacial score (nSPS) is 13.8. The lowest BCUT2D eigenvalue weighted by Gasteiger charge is -2.15. The first kappa shape index (κ1) is 14.9. The quantitative estimate of drug-likeness (QED) is 0.794. The second-order valence-electron chi connectivity index (χ2n) is 5.10. The van der Waals surface area contributed by atoms with Crippen molar-refractivity contribution in [2.45, 2.75) is 38.5 Å². The molecule has 1 aromatic carbocycles. The summed E-state index contributed by atoms with van der Waals surface area (Å²) < 4.78 is 38.6. The Hall–Kier alpha value is -1.49. The van der Waals surface area contributed by atoms with E-state index in [4.69, 9.17) is 0 Å². The topological polar surface area (TPSA) is 17.0 Å². The van der Waals surface area contributed by atoms with Crippen molar-refractivity contribution in [3.05, 3.63) is 36.5 Å². The molecule has 0 saturated carbocycles. The average Bonchev–Trinajstić information content (AvgIpc) is 2.76. The van der Waals surface area contributed by atoms with Crippen LogP contribution in [0.2, 0.25) is 0 Å². The predicted molar refractivity (Wildman–Crippen MR) is 74.7 cm³/mol. The van der Waals surface area contributed by atoms with Crippen molar-refractivity contribution in [1.82, 2.24) is 9.88 Å². The molecule has 0 saturated heterocycles. The van der Waals surface area contributed by atoms with Crippen LogP contribution >= 0.6 is 0 Å². The third-order valence-corrected chi connectivity index (χ3v) is 3.29. The molecule has 2 nitrogen and oxygen atoms in total. The maximum atomic E-state index is 12.2. The summed E-state index contributed by atoms with van der Waals surface area (Å²) in [6, 6.07) is 9.60. The molecule has 0 spiro atoms. The van der Waals surface area contributed by atoms with Crippen LogP contribution in [-0.4, -0.2) is 23.3 Å². The third kappa shape index (κ3) is 4.27. The monoisotopic (exact) mass is 284 g/mol. The molecule has 1 N–H and O–H groups in total. The summed E-state index contributed by atoms with van der Waals surface area (Å²) in [5, 5.41) is 4.10. The zero-order valence-electron chi connectivity index (χ0n) is 11.5. The summed E-state index contributed by atoms with van der Waals surface area (Å²) in [5.41, 5.74) is 1.16. The van der Waals surface area contributed by atoms with Crippen LogP contribution in [-0.2, 0) is 6.54 Å². The van der Waals surface area contributed by atoms with Gasteiger partial charge < -0.3 is 9.88 Å². The van der Waals surface area contributed by atoms with Gasteiger partial charge in [0.05, 0.1) is 6.42 Å². The van der Waals surface area contributed by atoms with E-state index < -0.39 is 18.6 Å². The van der Waals surface area contributed by atoms with Gasteiger partial charge in [-0.15, -0.1) is 0 Å². The Morgan fingerprint density at radius 1 is 1.20 bits per heavy atom. The highest BCUT2D eigenvalue weighted by Gasteiger charge is 2.29. The van der Waals surface area contributed by atoms with Gasteiger partial charge in [0.1, 0.15) is 0 Å². The van der Waals surface area contributed by atoms with Gasteiger partial charge in [-0.2, -0.15) is 13.2 Å². The Balaban J connectivity index is 1.76. The number of benzene rings is 1. The molecule has 0 unspecified atom stereocenters. The van der Waals surface area contributed by atoms with Crippen molar-refractivity contribution in [3.8, 4) is 0 Å². The molecule has 2 rings (SSSR count). The molecular formula is C15H19F3N2. The van der Waals surface area contributed by atoms with E-state index in [9.17, 15) is 13.2 Å². The molecule has 0 amide bonds. The maximum Gasteiger partial charge on any atom is 0.390 e. The Morgan fingerprint density at radius 2 is 1.95 bits per heavy atom. The van der Waals surface area contributed by atoms with E-state index in [1.165, 1.54) is 5.39 Å². The number of halogens is 3. The van der Waals surface area contributed by atoms with Crippen LogP contribution < -0.4 is 5.32 Å². The van der Waals surface area contributed by atoms with E-state index in [1.807, 2.05) is 18.3 Å². The van der Waals surface area contributed by atoms with E-state index in [2.05, 4.69) is 28.1 Å². The molecule has 0 bridgehead atoms. The van der Waals surface area contributed by atoms with Crippen molar-refractivity contribution < 1.29 is 13.2 Å². The highest BCUT2D eigenvalue weighted by Crippen LogP contribution is 2.21. The Kier molecular flexibility index (Phi) is 4.70. The molecule has 0 aliphatic heterocycles. The minimum Gasteiger partial charge on any atom is -0.347 e. The Labute approximate surface area is 116 Å². The van der Waals surface area contributed by atoms with Crippen LogP contribution in [0.15, 0.2) is 36.5 Å². The van der Waals surface area contributed by atoms with Gasteiger partial charge in [0.25, 0.3) is 0 Å². The number of nitrogens with zero attached hydrogens (tertiary/aromatic N) is 1. The summed E-state index contributed by atoms with van der Waals surface area (Å²) >= 11 is 0. The van der Waals surface area contributed by atoms with Crippen molar-refractivity contribution in [1.29, 1.82) is 0 Å². The molecular weight excluding hydrogens is 265 g/mol. The lowest BCUT2D eigenvalue weighted by molar-refractivity contribution is -0.139. The molecule has 0 aliphatic carbocycles. The SMILES string of the molecule is C[C@H](CC(F)(F)F)NCCCn1ccc2ccccc21. The van der Waals surface area contributed by atoms with Crippen LogP contribution in [0.1, 0.15) is 19.8 Å². The fourth-order valence-corrected chi connectivity index (χ4v) is 2.35. The number of aryl methyl sites for hydroxylation is 1. The number of aromatic nitrogens is 1. The van der Waals surface area contributed by atoms with Crippen LogP contribution in [0.25, 0.3) is 10.9 Å². The molecule has 0 radical (unpaired) electrons. The standard InChI is InChI=1S/C15H19F3N2/c1-12(11-15(16,17)18)19-8-4-9-20-10-7-13-5-2-3-6-14(13)20/h2-3,5-7,10,12,19H,4,8-9,11H2,1H3/t12-/m1/s1. The first-order valence-electron chi connectivity index (χ1n) is 6.80. The zero-order valence-corrected chi connectivity index (χ0v) is 11.5. The Morgan fingerprint density at radius 3 is 2.70 bits per heavy atom. The van der Waals surface area contributed by atoms with Crippen molar-refractivity contribution in [2.75, 3.05) is 6.54 Å². The lowest BCUT2D eigenvalue weighted by Crippen LogP contribution is -2.32. The van der Waals surface area contributed by atoms with Gasteiger partial charge in [0.15, 0.2) is 0 Å². The summed E-state index contributed by atoms with van der Waals surface area (Å²) in [6.07, 6.45) is -2.05. The van der Waals surface area contributed by atoms with Gasteiger partial charge in [-0.1, -0.05) is 18.2 Å². The molecule has 0 fully saturated rings. The first-order chi connectivity index (χ1) is 9.46. The molecule has 5 heteroatoms.